The lowest BCUT2D eigenvalue weighted by Gasteiger charge is -2.19. The van der Waals surface area contributed by atoms with E-state index in [-0.39, 0.29) is 6.04 Å². The summed E-state index contributed by atoms with van der Waals surface area (Å²) >= 11 is 3.45. The van der Waals surface area contributed by atoms with E-state index in [2.05, 4.69) is 38.4 Å². The molecule has 0 saturated carbocycles. The SMILES string of the molecule is CNC(c1cncc(Br)c1)c1ccccc1OC. The number of aromatic nitrogens is 1. The largest absolute Gasteiger partial charge is 0.496 e. The zero-order valence-corrected chi connectivity index (χ0v) is 11.9. The Kier molecular flexibility index (Phi) is 4.33. The highest BCUT2D eigenvalue weighted by Gasteiger charge is 2.16. The molecule has 0 amide bonds. The Morgan fingerprint density at radius 1 is 1.28 bits per heavy atom. The van der Waals surface area contributed by atoms with E-state index in [9.17, 15) is 0 Å². The normalized spacial score (nSPS) is 12.2. The third kappa shape index (κ3) is 2.71. The van der Waals surface area contributed by atoms with Crippen LogP contribution >= 0.6 is 15.9 Å². The number of para-hydroxylation sites is 1. The lowest BCUT2D eigenvalue weighted by atomic mass is 9.99. The van der Waals surface area contributed by atoms with E-state index in [1.54, 1.807) is 13.3 Å². The Balaban J connectivity index is 2.45. The molecule has 1 atom stereocenters. The summed E-state index contributed by atoms with van der Waals surface area (Å²) in [5.74, 6) is 0.872. The molecule has 94 valence electrons. The van der Waals surface area contributed by atoms with Gasteiger partial charge in [-0.2, -0.15) is 0 Å². The van der Waals surface area contributed by atoms with Crippen LogP contribution in [0, 0.1) is 0 Å². The summed E-state index contributed by atoms with van der Waals surface area (Å²) in [4.78, 5) is 4.21. The van der Waals surface area contributed by atoms with Crippen molar-refractivity contribution in [3.63, 3.8) is 0 Å². The minimum atomic E-state index is 0.0612. The lowest BCUT2D eigenvalue weighted by molar-refractivity contribution is 0.405. The predicted octanol–water partition coefficient (Wildman–Crippen LogP) is 3.16. The molecule has 3 nitrogen and oxygen atoms in total. The minimum Gasteiger partial charge on any atom is -0.496 e. The number of rotatable bonds is 4. The molecule has 1 aromatic heterocycles. The van der Waals surface area contributed by atoms with Crippen LogP contribution in [-0.2, 0) is 0 Å². The number of hydrogen-bond acceptors (Lipinski definition) is 3. The van der Waals surface area contributed by atoms with E-state index in [1.807, 2.05) is 31.4 Å². The van der Waals surface area contributed by atoms with Crippen molar-refractivity contribution in [2.24, 2.45) is 0 Å². The molecule has 0 radical (unpaired) electrons. The van der Waals surface area contributed by atoms with Crippen LogP contribution < -0.4 is 10.1 Å². The fraction of sp³-hybridized carbons (Fsp3) is 0.214. The summed E-state index contributed by atoms with van der Waals surface area (Å²) in [6.45, 7) is 0. The smallest absolute Gasteiger partial charge is 0.123 e. The van der Waals surface area contributed by atoms with Gasteiger partial charge in [0.15, 0.2) is 0 Å². The third-order valence-electron chi connectivity index (χ3n) is 2.80. The van der Waals surface area contributed by atoms with E-state index in [4.69, 9.17) is 4.74 Å². The van der Waals surface area contributed by atoms with Crippen LogP contribution in [0.2, 0.25) is 0 Å². The van der Waals surface area contributed by atoms with Gasteiger partial charge in [0.2, 0.25) is 0 Å². The van der Waals surface area contributed by atoms with Crippen molar-refractivity contribution in [2.45, 2.75) is 6.04 Å². The molecule has 0 saturated heterocycles. The van der Waals surface area contributed by atoms with Crippen LogP contribution in [-0.4, -0.2) is 19.1 Å². The molecule has 0 fully saturated rings. The quantitative estimate of drug-likeness (QED) is 0.942. The molecule has 1 unspecified atom stereocenters. The second kappa shape index (κ2) is 5.98. The Morgan fingerprint density at radius 3 is 2.72 bits per heavy atom. The first-order valence-corrected chi connectivity index (χ1v) is 6.46. The lowest BCUT2D eigenvalue weighted by Crippen LogP contribution is -2.18. The Labute approximate surface area is 115 Å². The Morgan fingerprint density at radius 2 is 2.06 bits per heavy atom. The highest BCUT2D eigenvalue weighted by molar-refractivity contribution is 9.10. The van der Waals surface area contributed by atoms with Crippen molar-refractivity contribution >= 4 is 15.9 Å². The van der Waals surface area contributed by atoms with E-state index < -0.39 is 0 Å². The van der Waals surface area contributed by atoms with Crippen LogP contribution in [0.5, 0.6) is 5.75 Å². The van der Waals surface area contributed by atoms with Crippen molar-refractivity contribution in [3.05, 3.63) is 58.3 Å². The van der Waals surface area contributed by atoms with Crippen LogP contribution in [0.25, 0.3) is 0 Å². The van der Waals surface area contributed by atoms with Gasteiger partial charge in [-0.15, -0.1) is 0 Å². The third-order valence-corrected chi connectivity index (χ3v) is 3.23. The summed E-state index contributed by atoms with van der Waals surface area (Å²) in [5.41, 5.74) is 2.19. The van der Waals surface area contributed by atoms with Crippen molar-refractivity contribution in [2.75, 3.05) is 14.2 Å². The van der Waals surface area contributed by atoms with Gasteiger partial charge in [-0.25, -0.2) is 0 Å². The van der Waals surface area contributed by atoms with Crippen molar-refractivity contribution in [3.8, 4) is 5.75 Å². The zero-order valence-electron chi connectivity index (χ0n) is 10.4. The molecule has 2 rings (SSSR count). The maximum atomic E-state index is 5.41. The van der Waals surface area contributed by atoms with Gasteiger partial charge in [-0.05, 0) is 40.7 Å². The van der Waals surface area contributed by atoms with Crippen LogP contribution in [0.3, 0.4) is 0 Å². The Bertz CT molecular complexity index is 531. The van der Waals surface area contributed by atoms with Crippen molar-refractivity contribution in [1.82, 2.24) is 10.3 Å². The van der Waals surface area contributed by atoms with Gasteiger partial charge in [0, 0.05) is 22.4 Å². The molecule has 1 aromatic carbocycles. The maximum absolute atomic E-state index is 5.41. The molecule has 18 heavy (non-hydrogen) atoms. The molecule has 1 heterocycles. The highest BCUT2D eigenvalue weighted by atomic mass is 79.9. The molecule has 0 aliphatic rings. The molecular weight excluding hydrogens is 292 g/mol. The minimum absolute atomic E-state index is 0.0612. The second-order valence-corrected chi connectivity index (χ2v) is 4.82. The first-order chi connectivity index (χ1) is 8.76. The van der Waals surface area contributed by atoms with Crippen LogP contribution in [0.1, 0.15) is 17.2 Å². The number of hydrogen-bond donors (Lipinski definition) is 1. The van der Waals surface area contributed by atoms with E-state index in [0.29, 0.717) is 0 Å². The second-order valence-electron chi connectivity index (χ2n) is 3.90. The summed E-state index contributed by atoms with van der Waals surface area (Å²) in [5, 5.41) is 3.30. The number of halogens is 1. The number of nitrogens with zero attached hydrogens (tertiary/aromatic N) is 1. The summed E-state index contributed by atoms with van der Waals surface area (Å²) in [6.07, 6.45) is 3.64. The molecule has 0 spiro atoms. The number of benzene rings is 1. The summed E-state index contributed by atoms with van der Waals surface area (Å²) < 4.78 is 6.38. The average Bonchev–Trinajstić information content (AvgIpc) is 2.40. The standard InChI is InChI=1S/C14H15BrN2O/c1-16-14(10-7-11(15)9-17-8-10)12-5-3-4-6-13(12)18-2/h3-9,14,16H,1-2H3. The first kappa shape index (κ1) is 13.1. The number of ether oxygens (including phenoxy) is 1. The molecule has 4 heteroatoms. The van der Waals surface area contributed by atoms with Gasteiger partial charge >= 0.3 is 0 Å². The highest BCUT2D eigenvalue weighted by Crippen LogP contribution is 2.30. The van der Waals surface area contributed by atoms with Gasteiger partial charge in [0.1, 0.15) is 5.75 Å². The van der Waals surface area contributed by atoms with Gasteiger partial charge in [0.05, 0.1) is 13.2 Å². The molecule has 0 bridgehead atoms. The van der Waals surface area contributed by atoms with Crippen molar-refractivity contribution in [1.29, 1.82) is 0 Å². The van der Waals surface area contributed by atoms with Gasteiger partial charge in [0.25, 0.3) is 0 Å². The number of methoxy groups -OCH3 is 1. The number of nitrogens with one attached hydrogen (secondary N) is 1. The number of pyridine rings is 1. The fourth-order valence-corrected chi connectivity index (χ4v) is 2.38. The van der Waals surface area contributed by atoms with Gasteiger partial charge in [-0.1, -0.05) is 18.2 Å². The molecule has 2 aromatic rings. The molecule has 0 aliphatic heterocycles. The van der Waals surface area contributed by atoms with Crippen molar-refractivity contribution < 1.29 is 4.74 Å². The van der Waals surface area contributed by atoms with Crippen LogP contribution in [0.15, 0.2) is 47.2 Å². The van der Waals surface area contributed by atoms with E-state index in [0.717, 1.165) is 21.3 Å². The molecule has 1 N–H and O–H groups in total. The first-order valence-electron chi connectivity index (χ1n) is 5.67. The molecular formula is C14H15BrN2O. The Hall–Kier alpha value is -1.39. The summed E-state index contributed by atoms with van der Waals surface area (Å²) in [6, 6.07) is 10.1. The average molecular weight is 307 g/mol. The fourth-order valence-electron chi connectivity index (χ4n) is 1.99. The van der Waals surface area contributed by atoms with Gasteiger partial charge in [-0.3, -0.25) is 4.98 Å². The zero-order chi connectivity index (χ0) is 13.0. The van der Waals surface area contributed by atoms with Crippen LogP contribution in [0.4, 0.5) is 0 Å². The maximum Gasteiger partial charge on any atom is 0.123 e. The summed E-state index contributed by atoms with van der Waals surface area (Å²) in [7, 11) is 3.61. The van der Waals surface area contributed by atoms with E-state index in [1.165, 1.54) is 0 Å². The molecule has 0 aliphatic carbocycles. The monoisotopic (exact) mass is 306 g/mol. The van der Waals surface area contributed by atoms with Gasteiger partial charge < -0.3 is 10.1 Å². The van der Waals surface area contributed by atoms with E-state index >= 15 is 0 Å². The topological polar surface area (TPSA) is 34.2 Å². The predicted molar refractivity (Wildman–Crippen MR) is 75.8 cm³/mol.